The molecule has 232 valence electrons. The number of anilines is 1. The maximum absolute atomic E-state index is 13.8. The molecule has 0 bridgehead atoms. The molecule has 1 unspecified atom stereocenters. The summed E-state index contributed by atoms with van der Waals surface area (Å²) in [6.45, 7) is 2.27. The number of sulfonamides is 1. The monoisotopic (exact) mass is 681 g/mol. The third-order valence-electron chi connectivity index (χ3n) is 6.70. The fraction of sp³-hybridized carbons (Fsp3) is 0.355. The Bertz CT molecular complexity index is 1470. The van der Waals surface area contributed by atoms with Crippen molar-refractivity contribution in [3.8, 4) is 0 Å². The maximum Gasteiger partial charge on any atom is 0.416 e. The van der Waals surface area contributed by atoms with Gasteiger partial charge in [0.2, 0.25) is 21.8 Å². The summed E-state index contributed by atoms with van der Waals surface area (Å²) in [6.07, 6.45) is -2.88. The molecule has 0 saturated carbocycles. The molecule has 3 rings (SSSR count). The van der Waals surface area contributed by atoms with E-state index in [0.29, 0.717) is 13.0 Å². The Kier molecular flexibility index (Phi) is 12.2. The molecule has 0 aliphatic rings. The van der Waals surface area contributed by atoms with Gasteiger partial charge in [-0.3, -0.25) is 13.9 Å². The number of rotatable bonds is 14. The first-order valence-electron chi connectivity index (χ1n) is 13.8. The van der Waals surface area contributed by atoms with Crippen LogP contribution < -0.4 is 9.62 Å². The van der Waals surface area contributed by atoms with Gasteiger partial charge < -0.3 is 10.2 Å². The Hall–Kier alpha value is -3.38. The largest absolute Gasteiger partial charge is 0.416 e. The summed E-state index contributed by atoms with van der Waals surface area (Å²) in [4.78, 5) is 28.7. The molecule has 2 amide bonds. The number of amides is 2. The normalized spacial score (nSPS) is 12.4. The minimum atomic E-state index is -4.64. The van der Waals surface area contributed by atoms with Gasteiger partial charge in [0.25, 0.3) is 0 Å². The highest BCUT2D eigenvalue weighted by Gasteiger charge is 2.32. The second-order valence-electron chi connectivity index (χ2n) is 10.1. The minimum Gasteiger partial charge on any atom is -0.354 e. The number of alkyl halides is 3. The lowest BCUT2D eigenvalue weighted by atomic mass is 10.0. The van der Waals surface area contributed by atoms with Crippen LogP contribution in [0.15, 0.2) is 83.3 Å². The fourth-order valence-corrected chi connectivity index (χ4v) is 5.77. The molecule has 0 spiro atoms. The van der Waals surface area contributed by atoms with E-state index in [1.165, 1.54) is 11.0 Å². The first-order valence-corrected chi connectivity index (χ1v) is 16.4. The van der Waals surface area contributed by atoms with E-state index in [4.69, 9.17) is 0 Å². The molecule has 0 radical (unpaired) electrons. The standard InChI is InChI=1S/C31H35BrF3N3O4S/c1-3-18-36-30(40)28(20-23-9-5-4-6-10-23)37(22-24-14-16-26(32)17-15-24)29(39)13-8-19-38(43(2,41)42)27-12-7-11-25(21-27)31(33,34)35/h4-7,9-12,14-17,21,28H,3,8,13,18-20,22H2,1-2H3,(H,36,40). The van der Waals surface area contributed by atoms with E-state index < -0.39 is 27.8 Å². The number of benzene rings is 3. The van der Waals surface area contributed by atoms with Gasteiger partial charge in [0.15, 0.2) is 0 Å². The fourth-order valence-electron chi connectivity index (χ4n) is 4.55. The third kappa shape index (κ3) is 10.4. The lowest BCUT2D eigenvalue weighted by molar-refractivity contribution is -0.141. The van der Waals surface area contributed by atoms with Crippen molar-refractivity contribution in [1.82, 2.24) is 10.2 Å². The van der Waals surface area contributed by atoms with Crippen LogP contribution in [0.1, 0.15) is 42.9 Å². The van der Waals surface area contributed by atoms with Crippen LogP contribution >= 0.6 is 15.9 Å². The second kappa shape index (κ2) is 15.4. The van der Waals surface area contributed by atoms with Crippen molar-refractivity contribution in [3.05, 3.63) is 100 Å². The van der Waals surface area contributed by atoms with Gasteiger partial charge in [0, 0.05) is 36.9 Å². The van der Waals surface area contributed by atoms with Crippen LogP contribution in [-0.2, 0) is 38.8 Å². The number of nitrogens with zero attached hydrogens (tertiary/aromatic N) is 2. The molecule has 0 saturated heterocycles. The zero-order chi connectivity index (χ0) is 31.6. The molecule has 0 aliphatic heterocycles. The van der Waals surface area contributed by atoms with Crippen molar-refractivity contribution in [2.75, 3.05) is 23.7 Å². The lowest BCUT2D eigenvalue weighted by Gasteiger charge is -2.32. The van der Waals surface area contributed by atoms with Crippen LogP contribution in [0.25, 0.3) is 0 Å². The summed E-state index contributed by atoms with van der Waals surface area (Å²) in [7, 11) is -3.96. The molecule has 43 heavy (non-hydrogen) atoms. The Morgan fingerprint density at radius 3 is 2.23 bits per heavy atom. The molecule has 12 heteroatoms. The Morgan fingerprint density at radius 1 is 0.953 bits per heavy atom. The van der Waals surface area contributed by atoms with E-state index >= 15 is 0 Å². The molecule has 3 aromatic rings. The molecule has 3 aromatic carbocycles. The van der Waals surface area contributed by atoms with Gasteiger partial charge >= 0.3 is 6.18 Å². The van der Waals surface area contributed by atoms with Crippen LogP contribution in [0.4, 0.5) is 18.9 Å². The van der Waals surface area contributed by atoms with Crippen LogP contribution in [-0.4, -0.2) is 50.5 Å². The second-order valence-corrected chi connectivity index (χ2v) is 13.0. The molecule has 7 nitrogen and oxygen atoms in total. The minimum absolute atomic E-state index is 0.0215. The van der Waals surface area contributed by atoms with Crippen molar-refractivity contribution >= 4 is 43.5 Å². The quantitative estimate of drug-likeness (QED) is 0.220. The molecule has 1 atom stereocenters. The SMILES string of the molecule is CCCNC(=O)C(Cc1ccccc1)N(Cc1ccc(Br)cc1)C(=O)CCCN(c1cccc(C(F)(F)F)c1)S(C)(=O)=O. The number of hydrogen-bond donors (Lipinski definition) is 1. The summed E-state index contributed by atoms with van der Waals surface area (Å²) in [6, 6.07) is 19.9. The molecule has 0 aromatic heterocycles. The smallest absolute Gasteiger partial charge is 0.354 e. The van der Waals surface area contributed by atoms with Gasteiger partial charge in [-0.05, 0) is 54.3 Å². The van der Waals surface area contributed by atoms with Gasteiger partial charge in [-0.25, -0.2) is 8.42 Å². The van der Waals surface area contributed by atoms with Crippen LogP contribution in [0.3, 0.4) is 0 Å². The number of carbonyl (C=O) groups is 2. The van der Waals surface area contributed by atoms with E-state index in [0.717, 1.165) is 44.4 Å². The highest BCUT2D eigenvalue weighted by atomic mass is 79.9. The zero-order valence-electron chi connectivity index (χ0n) is 24.0. The molecular weight excluding hydrogens is 647 g/mol. The van der Waals surface area contributed by atoms with Gasteiger partial charge in [0.05, 0.1) is 17.5 Å². The summed E-state index contributed by atoms with van der Waals surface area (Å²) in [5.41, 5.74) is 0.537. The highest BCUT2D eigenvalue weighted by molar-refractivity contribution is 9.10. The van der Waals surface area contributed by atoms with Crippen molar-refractivity contribution in [3.63, 3.8) is 0 Å². The lowest BCUT2D eigenvalue weighted by Crippen LogP contribution is -2.50. The predicted octanol–water partition coefficient (Wildman–Crippen LogP) is 6.18. The van der Waals surface area contributed by atoms with Crippen molar-refractivity contribution in [2.24, 2.45) is 0 Å². The molecular formula is C31H35BrF3N3O4S. The summed E-state index contributed by atoms with van der Waals surface area (Å²) in [5, 5.41) is 2.90. The predicted molar refractivity (Wildman–Crippen MR) is 165 cm³/mol. The Labute approximate surface area is 259 Å². The van der Waals surface area contributed by atoms with Crippen LogP contribution in [0, 0.1) is 0 Å². The summed E-state index contributed by atoms with van der Waals surface area (Å²) >= 11 is 3.40. The van der Waals surface area contributed by atoms with Gasteiger partial charge in [-0.15, -0.1) is 0 Å². The zero-order valence-corrected chi connectivity index (χ0v) is 26.4. The van der Waals surface area contributed by atoms with Gasteiger partial charge in [-0.2, -0.15) is 13.2 Å². The van der Waals surface area contributed by atoms with E-state index in [-0.39, 0.29) is 49.9 Å². The topological polar surface area (TPSA) is 86.8 Å². The first kappa shape index (κ1) is 34.1. The molecule has 1 N–H and O–H groups in total. The first-order chi connectivity index (χ1) is 20.3. The van der Waals surface area contributed by atoms with Crippen molar-refractivity contribution < 1.29 is 31.2 Å². The number of halogens is 4. The molecule has 0 fully saturated rings. The van der Waals surface area contributed by atoms with E-state index in [9.17, 15) is 31.2 Å². The average molecular weight is 683 g/mol. The molecule has 0 aliphatic carbocycles. The summed E-state index contributed by atoms with van der Waals surface area (Å²) < 4.78 is 66.7. The van der Waals surface area contributed by atoms with Gasteiger partial charge in [-0.1, -0.05) is 71.4 Å². The average Bonchev–Trinajstić information content (AvgIpc) is 2.96. The molecule has 0 heterocycles. The maximum atomic E-state index is 13.8. The number of hydrogen-bond acceptors (Lipinski definition) is 4. The van der Waals surface area contributed by atoms with Crippen molar-refractivity contribution in [1.29, 1.82) is 0 Å². The Morgan fingerprint density at radius 2 is 1.63 bits per heavy atom. The van der Waals surface area contributed by atoms with E-state index in [1.54, 1.807) is 0 Å². The van der Waals surface area contributed by atoms with E-state index in [2.05, 4.69) is 21.2 Å². The summed E-state index contributed by atoms with van der Waals surface area (Å²) in [5.74, 6) is -0.689. The van der Waals surface area contributed by atoms with E-state index in [1.807, 2.05) is 61.5 Å². The highest BCUT2D eigenvalue weighted by Crippen LogP contribution is 2.32. The van der Waals surface area contributed by atoms with Crippen molar-refractivity contribution in [2.45, 2.75) is 51.4 Å². The van der Waals surface area contributed by atoms with Crippen LogP contribution in [0.5, 0.6) is 0 Å². The third-order valence-corrected chi connectivity index (χ3v) is 8.42. The van der Waals surface area contributed by atoms with Gasteiger partial charge in [0.1, 0.15) is 6.04 Å². The van der Waals surface area contributed by atoms with Crippen LogP contribution in [0.2, 0.25) is 0 Å². The number of nitrogens with one attached hydrogen (secondary N) is 1. The number of carbonyl (C=O) groups excluding carboxylic acids is 2. The Balaban J connectivity index is 1.88.